The van der Waals surface area contributed by atoms with Gasteiger partial charge in [0.05, 0.1) is 24.3 Å². The van der Waals surface area contributed by atoms with Crippen LogP contribution in [0.25, 0.3) is 0 Å². The molecule has 0 radical (unpaired) electrons. The van der Waals surface area contributed by atoms with Crippen LogP contribution in [0, 0.1) is 11.8 Å². The van der Waals surface area contributed by atoms with E-state index in [-0.39, 0.29) is 17.7 Å². The van der Waals surface area contributed by atoms with Gasteiger partial charge in [0.25, 0.3) is 5.91 Å². The van der Waals surface area contributed by atoms with Crippen LogP contribution in [-0.4, -0.2) is 77.3 Å². The monoisotopic (exact) mass is 422 g/mol. The number of aromatic amines is 1. The first kappa shape index (κ1) is 20.4. The van der Waals surface area contributed by atoms with Crippen molar-refractivity contribution in [3.05, 3.63) is 23.5 Å². The lowest BCUT2D eigenvalue weighted by Crippen LogP contribution is -2.44. The Morgan fingerprint density at radius 2 is 1.90 bits per heavy atom. The highest BCUT2D eigenvalue weighted by Gasteiger charge is 2.58. The molecule has 160 valence electrons. The highest BCUT2D eigenvalue weighted by molar-refractivity contribution is 7.88. The fourth-order valence-electron chi connectivity index (χ4n) is 5.26. The van der Waals surface area contributed by atoms with Gasteiger partial charge in [0.15, 0.2) is 0 Å². The molecule has 8 nitrogen and oxygen atoms in total. The van der Waals surface area contributed by atoms with E-state index in [1.807, 2.05) is 19.9 Å². The van der Waals surface area contributed by atoms with Crippen LogP contribution in [0.4, 0.5) is 0 Å². The van der Waals surface area contributed by atoms with Crippen molar-refractivity contribution in [3.8, 4) is 0 Å². The highest BCUT2D eigenvalue weighted by atomic mass is 32.2. The zero-order chi connectivity index (χ0) is 20.9. The van der Waals surface area contributed by atoms with Gasteiger partial charge in [0.1, 0.15) is 5.69 Å². The predicted molar refractivity (Wildman–Crippen MR) is 109 cm³/mol. The van der Waals surface area contributed by atoms with Crippen molar-refractivity contribution in [1.82, 2.24) is 19.1 Å². The fourth-order valence-corrected chi connectivity index (χ4v) is 6.43. The number of amides is 2. The molecule has 1 N–H and O–H groups in total. The first-order valence-corrected chi connectivity index (χ1v) is 12.3. The third-order valence-electron chi connectivity index (χ3n) is 6.50. The lowest BCUT2D eigenvalue weighted by Gasteiger charge is -2.29. The van der Waals surface area contributed by atoms with Gasteiger partial charge in [-0.2, -0.15) is 0 Å². The molecule has 3 fully saturated rings. The summed E-state index contributed by atoms with van der Waals surface area (Å²) in [4.78, 5) is 33.5. The van der Waals surface area contributed by atoms with Gasteiger partial charge in [-0.15, -0.1) is 0 Å². The summed E-state index contributed by atoms with van der Waals surface area (Å²) >= 11 is 0. The van der Waals surface area contributed by atoms with Gasteiger partial charge in [-0.3, -0.25) is 14.5 Å². The molecule has 0 aliphatic carbocycles. The molecule has 2 amide bonds. The van der Waals surface area contributed by atoms with Crippen LogP contribution in [-0.2, 0) is 21.4 Å². The summed E-state index contributed by atoms with van der Waals surface area (Å²) in [5.74, 6) is -1.08. The van der Waals surface area contributed by atoms with Crippen molar-refractivity contribution < 1.29 is 18.0 Å². The zero-order valence-corrected chi connectivity index (χ0v) is 18.1. The van der Waals surface area contributed by atoms with Gasteiger partial charge in [0, 0.05) is 18.8 Å². The quantitative estimate of drug-likeness (QED) is 0.771. The zero-order valence-electron chi connectivity index (χ0n) is 17.3. The maximum absolute atomic E-state index is 13.3. The molecule has 0 bridgehead atoms. The van der Waals surface area contributed by atoms with Crippen LogP contribution in [0.15, 0.2) is 12.1 Å². The number of carbonyl (C=O) groups excluding carboxylic acids is 2. The Balaban J connectivity index is 1.57. The minimum absolute atomic E-state index is 0.0514. The van der Waals surface area contributed by atoms with E-state index in [9.17, 15) is 18.0 Å². The molecular formula is C20H30N4O4S. The number of fused-ring (bicyclic) bond motifs is 1. The van der Waals surface area contributed by atoms with Crippen LogP contribution in [0.3, 0.4) is 0 Å². The van der Waals surface area contributed by atoms with Crippen LogP contribution in [0.5, 0.6) is 0 Å². The Hall–Kier alpha value is -1.87. The van der Waals surface area contributed by atoms with Crippen molar-refractivity contribution in [3.63, 3.8) is 0 Å². The molecule has 0 aromatic carbocycles. The van der Waals surface area contributed by atoms with E-state index in [0.29, 0.717) is 18.7 Å². The largest absolute Gasteiger partial charge is 0.353 e. The molecule has 3 atom stereocenters. The fraction of sp³-hybridized carbons (Fsp3) is 0.700. The second-order valence-corrected chi connectivity index (χ2v) is 10.8. The number of nitrogens with one attached hydrogen (secondary N) is 1. The number of sulfonamides is 1. The maximum atomic E-state index is 13.3. The van der Waals surface area contributed by atoms with E-state index in [1.165, 1.54) is 12.8 Å². The molecule has 3 saturated heterocycles. The Bertz CT molecular complexity index is 903. The molecule has 3 aliphatic heterocycles. The molecular weight excluding hydrogens is 392 g/mol. The average molecular weight is 423 g/mol. The van der Waals surface area contributed by atoms with Crippen LogP contribution in [0.2, 0.25) is 0 Å². The number of carbonyl (C=O) groups is 2. The second-order valence-electron chi connectivity index (χ2n) is 8.89. The van der Waals surface area contributed by atoms with Crippen molar-refractivity contribution in [2.75, 3.05) is 25.9 Å². The Morgan fingerprint density at radius 1 is 1.21 bits per heavy atom. The van der Waals surface area contributed by atoms with E-state index < -0.39 is 28.0 Å². The number of rotatable bonds is 5. The summed E-state index contributed by atoms with van der Waals surface area (Å²) in [5.41, 5.74) is 1.51. The van der Waals surface area contributed by atoms with Crippen molar-refractivity contribution in [2.45, 2.75) is 51.7 Å². The van der Waals surface area contributed by atoms with Crippen LogP contribution >= 0.6 is 0 Å². The van der Waals surface area contributed by atoms with Crippen molar-refractivity contribution >= 4 is 21.8 Å². The van der Waals surface area contributed by atoms with E-state index in [4.69, 9.17) is 0 Å². The van der Waals surface area contributed by atoms with E-state index >= 15 is 0 Å². The smallest absolute Gasteiger partial charge is 0.270 e. The first-order chi connectivity index (χ1) is 13.7. The summed E-state index contributed by atoms with van der Waals surface area (Å²) < 4.78 is 25.6. The predicted octanol–water partition coefficient (Wildman–Crippen LogP) is 1.27. The molecule has 1 aromatic heterocycles. The summed E-state index contributed by atoms with van der Waals surface area (Å²) in [6.07, 6.45) is 3.99. The van der Waals surface area contributed by atoms with E-state index in [2.05, 4.69) is 9.88 Å². The third-order valence-corrected chi connectivity index (χ3v) is 7.66. The Labute approximate surface area is 172 Å². The minimum Gasteiger partial charge on any atom is -0.353 e. The first-order valence-electron chi connectivity index (χ1n) is 10.4. The Kier molecular flexibility index (Phi) is 5.23. The van der Waals surface area contributed by atoms with Crippen molar-refractivity contribution in [1.29, 1.82) is 0 Å². The molecule has 3 aliphatic rings. The molecule has 0 spiro atoms. The normalized spacial score (nSPS) is 28.0. The lowest BCUT2D eigenvalue weighted by molar-refractivity contribution is -0.129. The van der Waals surface area contributed by atoms with Gasteiger partial charge in [-0.1, -0.05) is 13.8 Å². The number of nitrogens with zero attached hydrogens (tertiary/aromatic N) is 3. The highest BCUT2D eigenvalue weighted by Crippen LogP contribution is 2.41. The standard InChI is InChI=1S/C20H30N4O4S/c1-13(2)17-18-16(24(20(17)26)29(3,27)28)8-11-23(18)19(25)15-7-6-14(21-15)12-22-9-4-5-10-22/h6-7,13,16-18,21H,4-5,8-12H2,1-3H3/t16-,17+,18-/m1/s1. The number of hydrogen-bond acceptors (Lipinski definition) is 5. The number of hydrogen-bond donors (Lipinski definition) is 1. The number of likely N-dealkylation sites (tertiary alicyclic amines) is 2. The molecule has 0 saturated carbocycles. The van der Waals surface area contributed by atoms with Crippen LogP contribution < -0.4 is 0 Å². The topological polar surface area (TPSA) is 93.8 Å². The number of H-pyrrole nitrogens is 1. The van der Waals surface area contributed by atoms with Gasteiger partial charge >= 0.3 is 0 Å². The molecule has 0 unspecified atom stereocenters. The lowest BCUT2D eigenvalue weighted by atomic mass is 9.88. The van der Waals surface area contributed by atoms with Gasteiger partial charge in [-0.05, 0) is 50.4 Å². The third kappa shape index (κ3) is 3.59. The number of aromatic nitrogens is 1. The van der Waals surface area contributed by atoms with Crippen LogP contribution in [0.1, 0.15) is 49.3 Å². The van der Waals surface area contributed by atoms with E-state index in [1.54, 1.807) is 11.0 Å². The Morgan fingerprint density at radius 3 is 2.52 bits per heavy atom. The van der Waals surface area contributed by atoms with E-state index in [0.717, 1.165) is 35.9 Å². The van der Waals surface area contributed by atoms with Gasteiger partial charge in [-0.25, -0.2) is 12.7 Å². The minimum atomic E-state index is -3.66. The summed E-state index contributed by atoms with van der Waals surface area (Å²) in [7, 11) is -3.66. The molecule has 4 rings (SSSR count). The summed E-state index contributed by atoms with van der Waals surface area (Å²) in [6.45, 7) is 7.24. The van der Waals surface area contributed by atoms with Gasteiger partial charge in [0.2, 0.25) is 15.9 Å². The second kappa shape index (κ2) is 7.43. The molecule has 29 heavy (non-hydrogen) atoms. The molecule has 9 heteroatoms. The molecule has 4 heterocycles. The maximum Gasteiger partial charge on any atom is 0.270 e. The van der Waals surface area contributed by atoms with Gasteiger partial charge < -0.3 is 9.88 Å². The molecule has 1 aromatic rings. The summed E-state index contributed by atoms with van der Waals surface area (Å²) in [5, 5.41) is 0. The summed E-state index contributed by atoms with van der Waals surface area (Å²) in [6, 6.07) is 2.88. The SMILES string of the molecule is CC(C)[C@@H]1C(=O)N(S(C)(=O)=O)[C@@H]2CCN(C(=O)c3ccc(CN4CCCC4)[nH]3)[C@H]21. The van der Waals surface area contributed by atoms with Crippen molar-refractivity contribution in [2.24, 2.45) is 11.8 Å². The average Bonchev–Trinajstić information content (AvgIpc) is 3.37.